The fourth-order valence-corrected chi connectivity index (χ4v) is 3.41. The van der Waals surface area contributed by atoms with Crippen LogP contribution in [0.1, 0.15) is 38.4 Å². The topological polar surface area (TPSA) is 39.3 Å². The summed E-state index contributed by atoms with van der Waals surface area (Å²) in [6.07, 6.45) is 4.05. The summed E-state index contributed by atoms with van der Waals surface area (Å²) in [7, 11) is 0. The molecule has 108 valence electrons. The van der Waals surface area contributed by atoms with E-state index in [9.17, 15) is 5.11 Å². The van der Waals surface area contributed by atoms with Gasteiger partial charge in [-0.2, -0.15) is 0 Å². The smallest absolute Gasteiger partial charge is 0.0937 e. The minimum Gasteiger partial charge on any atom is -0.387 e. The Hall–Kier alpha value is -1.32. The molecule has 1 saturated heterocycles. The molecule has 0 unspecified atom stereocenters. The van der Waals surface area contributed by atoms with Crippen LogP contribution in [0.15, 0.2) is 30.5 Å². The largest absolute Gasteiger partial charge is 0.387 e. The number of aromatic nitrogens is 1. The van der Waals surface area contributed by atoms with Crippen molar-refractivity contribution in [1.82, 2.24) is 9.88 Å². The highest BCUT2D eigenvalue weighted by Gasteiger charge is 2.28. The zero-order valence-corrected chi connectivity index (χ0v) is 12.4. The lowest BCUT2D eigenvalue weighted by molar-refractivity contribution is 0.0604. The van der Waals surface area contributed by atoms with E-state index in [0.29, 0.717) is 5.41 Å². The van der Waals surface area contributed by atoms with E-state index in [-0.39, 0.29) is 0 Å². The van der Waals surface area contributed by atoms with Crippen molar-refractivity contribution in [2.45, 2.75) is 32.8 Å². The Kier molecular flexibility index (Phi) is 3.57. The van der Waals surface area contributed by atoms with Crippen molar-refractivity contribution in [3.05, 3.63) is 36.0 Å². The van der Waals surface area contributed by atoms with Gasteiger partial charge in [-0.05, 0) is 30.9 Å². The van der Waals surface area contributed by atoms with Gasteiger partial charge in [-0.3, -0.25) is 4.90 Å². The maximum Gasteiger partial charge on any atom is 0.0937 e. The molecule has 0 amide bonds. The van der Waals surface area contributed by atoms with Crippen LogP contribution in [0, 0.1) is 5.41 Å². The summed E-state index contributed by atoms with van der Waals surface area (Å²) in [6.45, 7) is 7.54. The van der Waals surface area contributed by atoms with Crippen molar-refractivity contribution in [1.29, 1.82) is 0 Å². The van der Waals surface area contributed by atoms with Crippen LogP contribution in [0.2, 0.25) is 0 Å². The molecule has 3 heteroatoms. The van der Waals surface area contributed by atoms with E-state index in [0.717, 1.165) is 36.1 Å². The standard InChI is InChI=1S/C17H24N2O/c1-17(2)8-5-9-19(12-17)11-16(20)14-10-18-15-7-4-3-6-13(14)15/h3-4,6-7,10,16,18,20H,5,8-9,11-12H2,1-2H3/t16-/m0/s1. The van der Waals surface area contributed by atoms with E-state index < -0.39 is 6.10 Å². The van der Waals surface area contributed by atoms with Gasteiger partial charge < -0.3 is 10.1 Å². The average molecular weight is 272 g/mol. The molecule has 1 aliphatic rings. The number of aliphatic hydroxyl groups excluding tert-OH is 1. The number of rotatable bonds is 3. The number of H-pyrrole nitrogens is 1. The Balaban J connectivity index is 1.74. The number of likely N-dealkylation sites (tertiary alicyclic amines) is 1. The van der Waals surface area contributed by atoms with Gasteiger partial charge in [-0.1, -0.05) is 32.0 Å². The van der Waals surface area contributed by atoms with Gasteiger partial charge in [0.05, 0.1) is 6.10 Å². The van der Waals surface area contributed by atoms with E-state index in [1.807, 2.05) is 18.3 Å². The molecule has 2 N–H and O–H groups in total. The first-order valence-electron chi connectivity index (χ1n) is 7.52. The normalized spacial score (nSPS) is 21.1. The summed E-state index contributed by atoms with van der Waals surface area (Å²) in [6, 6.07) is 8.17. The first-order chi connectivity index (χ1) is 9.55. The number of piperidine rings is 1. The molecule has 0 saturated carbocycles. The molecule has 2 heterocycles. The highest BCUT2D eigenvalue weighted by atomic mass is 16.3. The van der Waals surface area contributed by atoms with Gasteiger partial charge in [0.25, 0.3) is 0 Å². The molecule has 1 atom stereocenters. The lowest BCUT2D eigenvalue weighted by atomic mass is 9.84. The number of para-hydroxylation sites is 1. The summed E-state index contributed by atoms with van der Waals surface area (Å²) in [5, 5.41) is 11.7. The molecule has 3 rings (SSSR count). The summed E-state index contributed by atoms with van der Waals surface area (Å²) >= 11 is 0. The van der Waals surface area contributed by atoms with Crippen molar-refractivity contribution in [2.75, 3.05) is 19.6 Å². The molecule has 3 nitrogen and oxygen atoms in total. The molecule has 1 fully saturated rings. The van der Waals surface area contributed by atoms with Crippen LogP contribution in [-0.2, 0) is 0 Å². The van der Waals surface area contributed by atoms with E-state index in [2.05, 4.69) is 35.9 Å². The summed E-state index contributed by atoms with van der Waals surface area (Å²) in [4.78, 5) is 5.64. The SMILES string of the molecule is CC1(C)CCCN(C[C@H](O)c2c[nH]c3ccccc23)C1. The molecule has 1 aromatic carbocycles. The predicted molar refractivity (Wildman–Crippen MR) is 82.7 cm³/mol. The van der Waals surface area contributed by atoms with Crippen molar-refractivity contribution >= 4 is 10.9 Å². The van der Waals surface area contributed by atoms with E-state index >= 15 is 0 Å². The van der Waals surface area contributed by atoms with Crippen molar-refractivity contribution in [3.63, 3.8) is 0 Å². The predicted octanol–water partition coefficient (Wildman–Crippen LogP) is 3.32. The second-order valence-corrected chi connectivity index (χ2v) is 6.81. The lowest BCUT2D eigenvalue weighted by Crippen LogP contribution is -2.41. The zero-order valence-electron chi connectivity index (χ0n) is 12.4. The maximum absolute atomic E-state index is 10.6. The monoisotopic (exact) mass is 272 g/mol. The second-order valence-electron chi connectivity index (χ2n) is 6.81. The van der Waals surface area contributed by atoms with Gasteiger partial charge in [0, 0.05) is 35.8 Å². The Morgan fingerprint density at radius 3 is 2.95 bits per heavy atom. The Morgan fingerprint density at radius 2 is 2.15 bits per heavy atom. The summed E-state index contributed by atoms with van der Waals surface area (Å²) in [5.41, 5.74) is 2.49. The van der Waals surface area contributed by atoms with Crippen molar-refractivity contribution < 1.29 is 5.11 Å². The molecule has 1 aromatic heterocycles. The highest BCUT2D eigenvalue weighted by Crippen LogP contribution is 2.30. The van der Waals surface area contributed by atoms with Crippen LogP contribution >= 0.6 is 0 Å². The first kappa shape index (κ1) is 13.7. The van der Waals surface area contributed by atoms with Crippen LogP contribution in [-0.4, -0.2) is 34.6 Å². The number of aliphatic hydroxyl groups is 1. The summed E-state index contributed by atoms with van der Waals surface area (Å²) < 4.78 is 0. The number of aromatic amines is 1. The van der Waals surface area contributed by atoms with Crippen molar-refractivity contribution in [2.24, 2.45) is 5.41 Å². The number of nitrogens with one attached hydrogen (secondary N) is 1. The minimum atomic E-state index is -0.417. The van der Waals surface area contributed by atoms with Crippen LogP contribution in [0.4, 0.5) is 0 Å². The fourth-order valence-electron chi connectivity index (χ4n) is 3.41. The molecule has 0 aliphatic carbocycles. The summed E-state index contributed by atoms with van der Waals surface area (Å²) in [5.74, 6) is 0. The minimum absolute atomic E-state index is 0.373. The second kappa shape index (κ2) is 5.23. The number of fused-ring (bicyclic) bond motifs is 1. The number of hydrogen-bond acceptors (Lipinski definition) is 2. The molecular weight excluding hydrogens is 248 g/mol. The third-order valence-electron chi connectivity index (χ3n) is 4.39. The van der Waals surface area contributed by atoms with E-state index in [4.69, 9.17) is 0 Å². The molecule has 0 radical (unpaired) electrons. The van der Waals surface area contributed by atoms with Gasteiger partial charge in [0.2, 0.25) is 0 Å². The Bertz CT molecular complexity index is 587. The van der Waals surface area contributed by atoms with Gasteiger partial charge in [0.1, 0.15) is 0 Å². The van der Waals surface area contributed by atoms with E-state index in [1.165, 1.54) is 12.8 Å². The zero-order chi connectivity index (χ0) is 14.2. The average Bonchev–Trinajstić information content (AvgIpc) is 2.81. The molecule has 1 aliphatic heterocycles. The molecule has 0 spiro atoms. The first-order valence-corrected chi connectivity index (χ1v) is 7.52. The van der Waals surface area contributed by atoms with Gasteiger partial charge in [0.15, 0.2) is 0 Å². The third kappa shape index (κ3) is 2.74. The number of hydrogen-bond donors (Lipinski definition) is 2. The highest BCUT2D eigenvalue weighted by molar-refractivity contribution is 5.83. The van der Waals surface area contributed by atoms with Gasteiger partial charge in [-0.15, -0.1) is 0 Å². The van der Waals surface area contributed by atoms with Crippen LogP contribution in [0.3, 0.4) is 0 Å². The Labute approximate surface area is 120 Å². The number of nitrogens with zero attached hydrogens (tertiary/aromatic N) is 1. The van der Waals surface area contributed by atoms with E-state index in [1.54, 1.807) is 0 Å². The quantitative estimate of drug-likeness (QED) is 0.899. The lowest BCUT2D eigenvalue weighted by Gasteiger charge is -2.38. The maximum atomic E-state index is 10.6. The van der Waals surface area contributed by atoms with Crippen LogP contribution < -0.4 is 0 Å². The molecule has 20 heavy (non-hydrogen) atoms. The van der Waals surface area contributed by atoms with Crippen LogP contribution in [0.25, 0.3) is 10.9 Å². The van der Waals surface area contributed by atoms with Gasteiger partial charge >= 0.3 is 0 Å². The molecule has 2 aromatic rings. The number of β-amino-alcohol motifs (C(OH)–C–C–N with tert-alkyl or cyclic N) is 1. The van der Waals surface area contributed by atoms with Crippen molar-refractivity contribution in [3.8, 4) is 0 Å². The third-order valence-corrected chi connectivity index (χ3v) is 4.39. The van der Waals surface area contributed by atoms with Gasteiger partial charge in [-0.25, -0.2) is 0 Å². The van der Waals surface area contributed by atoms with Crippen LogP contribution in [0.5, 0.6) is 0 Å². The number of benzene rings is 1. The Morgan fingerprint density at radius 1 is 1.35 bits per heavy atom. The fraction of sp³-hybridized carbons (Fsp3) is 0.529. The molecular formula is C17H24N2O. The molecule has 0 bridgehead atoms.